The van der Waals surface area contributed by atoms with Gasteiger partial charge in [-0.3, -0.25) is 14.6 Å². The maximum atomic E-state index is 12.4. The molecule has 1 fully saturated rings. The van der Waals surface area contributed by atoms with Crippen LogP contribution in [0, 0.1) is 0 Å². The summed E-state index contributed by atoms with van der Waals surface area (Å²) in [6, 6.07) is 7.58. The van der Waals surface area contributed by atoms with Crippen LogP contribution in [-0.2, 0) is 14.3 Å². The minimum absolute atomic E-state index is 0.101. The van der Waals surface area contributed by atoms with Gasteiger partial charge in [-0.15, -0.1) is 0 Å². The summed E-state index contributed by atoms with van der Waals surface area (Å²) in [5.41, 5.74) is 1.60. The van der Waals surface area contributed by atoms with Crippen LogP contribution < -0.4 is 0 Å². The van der Waals surface area contributed by atoms with Crippen molar-refractivity contribution in [1.29, 1.82) is 0 Å². The molecule has 2 heterocycles. The smallest absolute Gasteiger partial charge is 0.317 e. The molecule has 1 amide bonds. The first-order chi connectivity index (χ1) is 12.6. The molecule has 0 bridgehead atoms. The third kappa shape index (κ3) is 4.94. The molecule has 0 radical (unpaired) electrons. The summed E-state index contributed by atoms with van der Waals surface area (Å²) in [5, 5.41) is 0.659. The second-order valence-electron chi connectivity index (χ2n) is 6.36. The molecule has 0 aliphatic carbocycles. The number of esters is 1. The lowest BCUT2D eigenvalue weighted by Crippen LogP contribution is -2.40. The zero-order chi connectivity index (χ0) is 18.4. The Bertz CT molecular complexity index is 775. The predicted octanol–water partition coefficient (Wildman–Crippen LogP) is 3.06. The number of rotatable bonds is 5. The number of aromatic nitrogens is 2. The first kappa shape index (κ1) is 18.6. The molecule has 1 aliphatic rings. The average Bonchev–Trinajstić information content (AvgIpc) is 2.95. The van der Waals surface area contributed by atoms with Gasteiger partial charge in [-0.25, -0.2) is 4.98 Å². The highest BCUT2D eigenvalue weighted by atomic mass is 32.2. The normalized spacial score (nSPS) is 16.1. The standard InChI is InChI=1S/C19H23N3O3S/c1-14(19(24)22-10-6-2-3-7-11-22)25-18(23)13-26-17-12-20-15-8-4-5-9-16(15)21-17/h4-5,8-9,12,14H,2-3,6-7,10-11,13H2,1H3. The molecule has 1 aromatic heterocycles. The Hall–Kier alpha value is -2.15. The quantitative estimate of drug-likeness (QED) is 0.592. The largest absolute Gasteiger partial charge is 0.452 e. The number of hydrogen-bond acceptors (Lipinski definition) is 6. The number of amides is 1. The number of thioether (sulfide) groups is 1. The van der Waals surface area contributed by atoms with E-state index in [0.29, 0.717) is 5.03 Å². The summed E-state index contributed by atoms with van der Waals surface area (Å²) in [5.74, 6) is -0.415. The van der Waals surface area contributed by atoms with E-state index >= 15 is 0 Å². The zero-order valence-corrected chi connectivity index (χ0v) is 15.7. The summed E-state index contributed by atoms with van der Waals surface area (Å²) in [6.45, 7) is 3.15. The van der Waals surface area contributed by atoms with Gasteiger partial charge < -0.3 is 9.64 Å². The lowest BCUT2D eigenvalue weighted by molar-refractivity contribution is -0.157. The number of hydrogen-bond donors (Lipinski definition) is 0. The van der Waals surface area contributed by atoms with Crippen LogP contribution in [-0.4, -0.2) is 51.7 Å². The highest BCUT2D eigenvalue weighted by molar-refractivity contribution is 7.99. The molecule has 0 saturated carbocycles. The van der Waals surface area contributed by atoms with E-state index < -0.39 is 12.1 Å². The number of carbonyl (C=O) groups is 2. The topological polar surface area (TPSA) is 72.4 Å². The number of likely N-dealkylation sites (tertiary alicyclic amines) is 1. The molecular formula is C19H23N3O3S. The van der Waals surface area contributed by atoms with Crippen LogP contribution in [0.2, 0.25) is 0 Å². The van der Waals surface area contributed by atoms with E-state index in [0.717, 1.165) is 49.8 Å². The Balaban J connectivity index is 1.50. The second-order valence-corrected chi connectivity index (χ2v) is 7.35. The Kier molecular flexibility index (Phi) is 6.44. The lowest BCUT2D eigenvalue weighted by Gasteiger charge is -2.23. The Morgan fingerprint density at radius 2 is 1.85 bits per heavy atom. The van der Waals surface area contributed by atoms with E-state index in [2.05, 4.69) is 9.97 Å². The number of para-hydroxylation sites is 2. The van der Waals surface area contributed by atoms with E-state index in [9.17, 15) is 9.59 Å². The van der Waals surface area contributed by atoms with Gasteiger partial charge in [-0.1, -0.05) is 36.7 Å². The minimum Gasteiger partial charge on any atom is -0.452 e. The van der Waals surface area contributed by atoms with E-state index in [1.807, 2.05) is 29.2 Å². The number of carbonyl (C=O) groups excluding carboxylic acids is 2. The Morgan fingerprint density at radius 3 is 2.58 bits per heavy atom. The fourth-order valence-corrected chi connectivity index (χ4v) is 3.60. The summed E-state index contributed by atoms with van der Waals surface area (Å²) < 4.78 is 5.32. The van der Waals surface area contributed by atoms with Crippen LogP contribution in [0.4, 0.5) is 0 Å². The molecule has 138 valence electrons. The molecule has 1 saturated heterocycles. The SMILES string of the molecule is CC(OC(=O)CSc1cnc2ccccc2n1)C(=O)N1CCCCCC1. The van der Waals surface area contributed by atoms with Crippen LogP contribution in [0.5, 0.6) is 0 Å². The van der Waals surface area contributed by atoms with Crippen molar-refractivity contribution >= 4 is 34.7 Å². The van der Waals surface area contributed by atoms with Crippen LogP contribution >= 0.6 is 11.8 Å². The number of benzene rings is 1. The van der Waals surface area contributed by atoms with Crippen LogP contribution in [0.3, 0.4) is 0 Å². The fourth-order valence-electron chi connectivity index (χ4n) is 2.97. The molecule has 2 aromatic rings. The van der Waals surface area contributed by atoms with Crippen LogP contribution in [0.15, 0.2) is 35.5 Å². The summed E-state index contributed by atoms with van der Waals surface area (Å²) in [6.07, 6.45) is 5.24. The Morgan fingerprint density at radius 1 is 1.15 bits per heavy atom. The number of nitrogens with zero attached hydrogens (tertiary/aromatic N) is 3. The molecule has 0 N–H and O–H groups in total. The van der Waals surface area contributed by atoms with Crippen molar-refractivity contribution in [3.05, 3.63) is 30.5 Å². The summed E-state index contributed by atoms with van der Waals surface area (Å²) in [4.78, 5) is 35.1. The van der Waals surface area contributed by atoms with Crippen LogP contribution in [0.1, 0.15) is 32.6 Å². The molecule has 1 aromatic carbocycles. The van der Waals surface area contributed by atoms with Crippen molar-refractivity contribution in [3.8, 4) is 0 Å². The van der Waals surface area contributed by atoms with E-state index in [1.165, 1.54) is 11.8 Å². The average molecular weight is 373 g/mol. The molecule has 1 unspecified atom stereocenters. The molecule has 6 nitrogen and oxygen atoms in total. The first-order valence-corrected chi connectivity index (χ1v) is 9.95. The van der Waals surface area contributed by atoms with Crippen molar-refractivity contribution in [2.24, 2.45) is 0 Å². The fraction of sp³-hybridized carbons (Fsp3) is 0.474. The van der Waals surface area contributed by atoms with Crippen molar-refractivity contribution in [1.82, 2.24) is 14.9 Å². The molecule has 1 aliphatic heterocycles. The third-order valence-electron chi connectivity index (χ3n) is 4.34. The first-order valence-electron chi connectivity index (χ1n) is 8.96. The highest BCUT2D eigenvalue weighted by Crippen LogP contribution is 2.18. The van der Waals surface area contributed by atoms with Gasteiger partial charge in [0.15, 0.2) is 6.10 Å². The number of fused-ring (bicyclic) bond motifs is 1. The van der Waals surface area contributed by atoms with Gasteiger partial charge in [0.25, 0.3) is 5.91 Å². The molecule has 1 atom stereocenters. The minimum atomic E-state index is -0.746. The molecule has 0 spiro atoms. The van der Waals surface area contributed by atoms with Gasteiger partial charge in [-0.2, -0.15) is 0 Å². The van der Waals surface area contributed by atoms with Crippen molar-refractivity contribution in [3.63, 3.8) is 0 Å². The highest BCUT2D eigenvalue weighted by Gasteiger charge is 2.24. The van der Waals surface area contributed by atoms with E-state index in [1.54, 1.807) is 13.1 Å². The number of ether oxygens (including phenoxy) is 1. The Labute approximate surface area is 157 Å². The summed E-state index contributed by atoms with van der Waals surface area (Å²) >= 11 is 1.26. The van der Waals surface area contributed by atoms with Gasteiger partial charge in [0.1, 0.15) is 5.03 Å². The third-order valence-corrected chi connectivity index (χ3v) is 5.21. The van der Waals surface area contributed by atoms with Crippen molar-refractivity contribution < 1.29 is 14.3 Å². The molecule has 3 rings (SSSR count). The maximum Gasteiger partial charge on any atom is 0.317 e. The van der Waals surface area contributed by atoms with Crippen molar-refractivity contribution in [2.45, 2.75) is 43.7 Å². The van der Waals surface area contributed by atoms with Gasteiger partial charge in [0.2, 0.25) is 0 Å². The summed E-state index contributed by atoms with van der Waals surface area (Å²) in [7, 11) is 0. The van der Waals surface area contributed by atoms with Crippen molar-refractivity contribution in [2.75, 3.05) is 18.8 Å². The van der Waals surface area contributed by atoms with Gasteiger partial charge in [0.05, 0.1) is 23.0 Å². The molecule has 26 heavy (non-hydrogen) atoms. The van der Waals surface area contributed by atoms with Gasteiger partial charge in [0, 0.05) is 13.1 Å². The molecule has 7 heteroatoms. The molecular weight excluding hydrogens is 350 g/mol. The van der Waals surface area contributed by atoms with E-state index in [4.69, 9.17) is 4.74 Å². The predicted molar refractivity (Wildman–Crippen MR) is 101 cm³/mol. The monoisotopic (exact) mass is 373 g/mol. The van der Waals surface area contributed by atoms with Crippen LogP contribution in [0.25, 0.3) is 11.0 Å². The van der Waals surface area contributed by atoms with E-state index in [-0.39, 0.29) is 11.7 Å². The lowest BCUT2D eigenvalue weighted by atomic mass is 10.2. The second kappa shape index (κ2) is 8.98. The van der Waals surface area contributed by atoms with Gasteiger partial charge in [-0.05, 0) is 31.9 Å². The maximum absolute atomic E-state index is 12.4. The van der Waals surface area contributed by atoms with Gasteiger partial charge >= 0.3 is 5.97 Å². The zero-order valence-electron chi connectivity index (χ0n) is 14.9.